The van der Waals surface area contributed by atoms with Crippen molar-refractivity contribution < 1.29 is 9.32 Å². The van der Waals surface area contributed by atoms with Gasteiger partial charge in [0.05, 0.1) is 17.1 Å². The number of aryl methyl sites for hydroxylation is 3. The van der Waals surface area contributed by atoms with Crippen molar-refractivity contribution >= 4 is 46.7 Å². The summed E-state index contributed by atoms with van der Waals surface area (Å²) < 4.78 is 7.07. The predicted molar refractivity (Wildman–Crippen MR) is 110 cm³/mol. The number of hydrogen-bond acceptors (Lipinski definition) is 6. The van der Waals surface area contributed by atoms with Crippen LogP contribution in [0.25, 0.3) is 0 Å². The molecule has 142 valence electrons. The Balaban J connectivity index is 1.63. The third kappa shape index (κ3) is 5.09. The molecule has 1 amide bonds. The minimum absolute atomic E-state index is 0.0873. The van der Waals surface area contributed by atoms with Crippen molar-refractivity contribution in [3.63, 3.8) is 0 Å². The fourth-order valence-corrected chi connectivity index (χ4v) is 4.40. The number of anilines is 1. The topological polar surface area (TPSA) is 73.0 Å². The van der Waals surface area contributed by atoms with E-state index in [0.29, 0.717) is 22.2 Å². The van der Waals surface area contributed by atoms with E-state index >= 15 is 0 Å². The van der Waals surface area contributed by atoms with Crippen LogP contribution < -0.4 is 5.32 Å². The molecule has 0 aliphatic rings. The quantitative estimate of drug-likeness (QED) is 0.594. The lowest BCUT2D eigenvalue weighted by molar-refractivity contribution is -0.113. The molecule has 0 saturated carbocycles. The second-order valence-electron chi connectivity index (χ2n) is 5.91. The molecule has 0 aliphatic carbocycles. The first kappa shape index (κ1) is 19.9. The molecular weight excluding hydrogens is 404 g/mol. The van der Waals surface area contributed by atoms with Crippen LogP contribution in [0.15, 0.2) is 45.2 Å². The number of carbonyl (C=O) groups is 1. The first-order valence-electron chi connectivity index (χ1n) is 8.18. The Morgan fingerprint density at radius 2 is 2.19 bits per heavy atom. The largest absolute Gasteiger partial charge is 0.361 e. The van der Waals surface area contributed by atoms with Crippen molar-refractivity contribution in [2.45, 2.75) is 29.7 Å². The van der Waals surface area contributed by atoms with E-state index in [1.165, 1.54) is 23.5 Å². The van der Waals surface area contributed by atoms with Crippen LogP contribution in [0.5, 0.6) is 0 Å². The zero-order valence-corrected chi connectivity index (χ0v) is 17.5. The average Bonchev–Trinajstić information content (AvgIpc) is 3.17. The molecule has 0 saturated heterocycles. The van der Waals surface area contributed by atoms with Crippen LogP contribution in [0, 0.1) is 13.8 Å². The number of thioether (sulfide) groups is 1. The van der Waals surface area contributed by atoms with Gasteiger partial charge in [0, 0.05) is 40.7 Å². The van der Waals surface area contributed by atoms with Gasteiger partial charge in [0.25, 0.3) is 0 Å². The van der Waals surface area contributed by atoms with Gasteiger partial charge in [-0.2, -0.15) is 0 Å². The summed E-state index contributed by atoms with van der Waals surface area (Å²) in [6.45, 7) is 3.78. The maximum Gasteiger partial charge on any atom is 0.234 e. The van der Waals surface area contributed by atoms with Gasteiger partial charge in [0.2, 0.25) is 5.91 Å². The van der Waals surface area contributed by atoms with Crippen molar-refractivity contribution in [1.82, 2.24) is 14.7 Å². The van der Waals surface area contributed by atoms with E-state index in [9.17, 15) is 4.79 Å². The summed E-state index contributed by atoms with van der Waals surface area (Å²) in [6, 6.07) is 5.44. The summed E-state index contributed by atoms with van der Waals surface area (Å²) in [7, 11) is 1.93. The lowest BCUT2D eigenvalue weighted by atomic mass is 10.2. The molecule has 0 bridgehead atoms. The van der Waals surface area contributed by atoms with Gasteiger partial charge in [-0.1, -0.05) is 16.8 Å². The fraction of sp³-hybridized carbons (Fsp3) is 0.278. The monoisotopic (exact) mass is 422 g/mol. The van der Waals surface area contributed by atoms with E-state index in [2.05, 4.69) is 15.5 Å². The molecule has 6 nitrogen and oxygen atoms in total. The molecule has 0 fully saturated rings. The first-order chi connectivity index (χ1) is 12.9. The zero-order chi connectivity index (χ0) is 19.4. The number of aromatic nitrogens is 3. The van der Waals surface area contributed by atoms with Gasteiger partial charge in [-0.25, -0.2) is 4.98 Å². The number of nitrogens with one attached hydrogen (secondary N) is 1. The summed E-state index contributed by atoms with van der Waals surface area (Å²) in [5.74, 6) is 1.71. The molecular formula is C18H19ClN4O2S2. The Morgan fingerprint density at radius 1 is 1.37 bits per heavy atom. The average molecular weight is 423 g/mol. The highest BCUT2D eigenvalue weighted by molar-refractivity contribution is 7.99. The summed E-state index contributed by atoms with van der Waals surface area (Å²) in [6.07, 6.45) is 3.61. The first-order valence-corrected chi connectivity index (χ1v) is 10.5. The van der Waals surface area contributed by atoms with Crippen LogP contribution in [0.3, 0.4) is 0 Å². The predicted octanol–water partition coefficient (Wildman–Crippen LogP) is 4.70. The van der Waals surface area contributed by atoms with E-state index in [1.807, 2.05) is 37.7 Å². The third-order valence-electron chi connectivity index (χ3n) is 3.85. The van der Waals surface area contributed by atoms with Crippen LogP contribution >= 0.6 is 35.1 Å². The Kier molecular flexibility index (Phi) is 6.51. The standard InChI is InChI=1S/C18H19ClN4O2S2/c1-11-14(12(2)25-22-11)9-26-10-17(24)21-15-8-13(19)4-5-16(15)27-18-20-6-7-23(18)3/h4-8H,9-10H2,1-3H3,(H,21,24). The Hall–Kier alpha value is -1.90. The normalized spacial score (nSPS) is 11.0. The SMILES string of the molecule is Cc1noc(C)c1CSCC(=O)Nc1cc(Cl)ccc1Sc1nccn1C. The van der Waals surface area contributed by atoms with E-state index in [-0.39, 0.29) is 5.91 Å². The van der Waals surface area contributed by atoms with Crippen LogP contribution in [-0.4, -0.2) is 26.4 Å². The van der Waals surface area contributed by atoms with Crippen LogP contribution in [0.2, 0.25) is 5.02 Å². The minimum Gasteiger partial charge on any atom is -0.361 e. The van der Waals surface area contributed by atoms with Gasteiger partial charge in [-0.05, 0) is 43.8 Å². The van der Waals surface area contributed by atoms with E-state index in [4.69, 9.17) is 16.1 Å². The van der Waals surface area contributed by atoms with Crippen LogP contribution in [0.1, 0.15) is 17.0 Å². The summed E-state index contributed by atoms with van der Waals surface area (Å²) >= 11 is 9.11. The molecule has 0 atom stereocenters. The number of hydrogen-bond donors (Lipinski definition) is 1. The van der Waals surface area contributed by atoms with Crippen LogP contribution in [0.4, 0.5) is 5.69 Å². The molecule has 3 rings (SSSR count). The number of halogens is 1. The van der Waals surface area contributed by atoms with Crippen LogP contribution in [-0.2, 0) is 17.6 Å². The number of nitrogens with zero attached hydrogens (tertiary/aromatic N) is 3. The van der Waals surface area contributed by atoms with E-state index < -0.39 is 0 Å². The molecule has 2 heterocycles. The molecule has 0 aliphatic heterocycles. The highest BCUT2D eigenvalue weighted by Crippen LogP contribution is 2.34. The highest BCUT2D eigenvalue weighted by Gasteiger charge is 2.13. The maximum absolute atomic E-state index is 12.4. The molecule has 0 unspecified atom stereocenters. The lowest BCUT2D eigenvalue weighted by Gasteiger charge is -2.11. The van der Waals surface area contributed by atoms with E-state index in [1.54, 1.807) is 18.3 Å². The number of imidazole rings is 1. The Morgan fingerprint density at radius 3 is 2.85 bits per heavy atom. The number of rotatable bonds is 7. The molecule has 1 aromatic carbocycles. The molecule has 1 N–H and O–H groups in total. The molecule has 0 spiro atoms. The highest BCUT2D eigenvalue weighted by atomic mass is 35.5. The summed E-state index contributed by atoms with van der Waals surface area (Å²) in [5.41, 5.74) is 2.59. The summed E-state index contributed by atoms with van der Waals surface area (Å²) in [5, 5.41) is 8.28. The third-order valence-corrected chi connectivity index (χ3v) is 6.20. The fourth-order valence-electron chi connectivity index (χ4n) is 2.38. The summed E-state index contributed by atoms with van der Waals surface area (Å²) in [4.78, 5) is 17.6. The molecule has 0 radical (unpaired) electrons. The molecule has 3 aromatic rings. The van der Waals surface area contributed by atoms with Gasteiger partial charge in [-0.3, -0.25) is 4.79 Å². The van der Waals surface area contributed by atoms with Gasteiger partial charge >= 0.3 is 0 Å². The lowest BCUT2D eigenvalue weighted by Crippen LogP contribution is -2.15. The molecule has 27 heavy (non-hydrogen) atoms. The number of amides is 1. The molecule has 9 heteroatoms. The zero-order valence-electron chi connectivity index (χ0n) is 15.2. The van der Waals surface area contributed by atoms with Crippen molar-refractivity contribution in [2.75, 3.05) is 11.1 Å². The van der Waals surface area contributed by atoms with Gasteiger partial charge < -0.3 is 14.4 Å². The second-order valence-corrected chi connectivity index (χ2v) is 8.34. The van der Waals surface area contributed by atoms with Crippen molar-refractivity contribution in [3.05, 3.63) is 52.6 Å². The number of carbonyl (C=O) groups excluding carboxylic acids is 1. The van der Waals surface area contributed by atoms with Crippen molar-refractivity contribution in [1.29, 1.82) is 0 Å². The van der Waals surface area contributed by atoms with E-state index in [0.717, 1.165) is 27.1 Å². The van der Waals surface area contributed by atoms with Gasteiger partial charge in [-0.15, -0.1) is 11.8 Å². The van der Waals surface area contributed by atoms with Gasteiger partial charge in [0.1, 0.15) is 5.76 Å². The van der Waals surface area contributed by atoms with Crippen molar-refractivity contribution in [2.24, 2.45) is 7.05 Å². The second kappa shape index (κ2) is 8.86. The minimum atomic E-state index is -0.0873. The maximum atomic E-state index is 12.4. The van der Waals surface area contributed by atoms with Crippen molar-refractivity contribution in [3.8, 4) is 0 Å². The molecule has 2 aromatic heterocycles. The number of benzene rings is 1. The Bertz CT molecular complexity index is 935. The Labute approximate surface area is 171 Å². The van der Waals surface area contributed by atoms with Gasteiger partial charge in [0.15, 0.2) is 5.16 Å². The smallest absolute Gasteiger partial charge is 0.234 e.